The maximum absolute atomic E-state index is 14.0. The number of pyridine rings is 1. The molecular formula is C19H19FN6O2. The minimum absolute atomic E-state index is 0.0979. The molecule has 2 atom stereocenters. The van der Waals surface area contributed by atoms with Gasteiger partial charge in [-0.15, -0.1) is 0 Å². The first-order chi connectivity index (χ1) is 13.6. The van der Waals surface area contributed by atoms with Gasteiger partial charge in [0.15, 0.2) is 5.65 Å². The van der Waals surface area contributed by atoms with E-state index in [4.69, 9.17) is 9.72 Å². The molecule has 2 unspecified atom stereocenters. The van der Waals surface area contributed by atoms with Crippen LogP contribution >= 0.6 is 0 Å². The molecule has 0 aromatic carbocycles. The van der Waals surface area contributed by atoms with E-state index in [2.05, 4.69) is 20.3 Å². The largest absolute Gasteiger partial charge is 0.475 e. The zero-order chi connectivity index (χ0) is 19.3. The van der Waals surface area contributed by atoms with Gasteiger partial charge >= 0.3 is 0 Å². The number of aromatic nitrogens is 4. The number of carbonyl (C=O) groups excluding carboxylic acids is 1. The molecular weight excluding hydrogens is 363 g/mol. The van der Waals surface area contributed by atoms with E-state index in [1.165, 1.54) is 12.3 Å². The molecule has 5 rings (SSSR count). The van der Waals surface area contributed by atoms with Gasteiger partial charge in [-0.2, -0.15) is 5.10 Å². The van der Waals surface area contributed by atoms with Gasteiger partial charge in [0.1, 0.15) is 23.8 Å². The van der Waals surface area contributed by atoms with E-state index in [1.54, 1.807) is 10.7 Å². The lowest BCUT2D eigenvalue weighted by molar-refractivity contribution is 0.0927. The second-order valence-corrected chi connectivity index (χ2v) is 7.20. The van der Waals surface area contributed by atoms with Gasteiger partial charge in [0.25, 0.3) is 5.91 Å². The van der Waals surface area contributed by atoms with Crippen molar-refractivity contribution in [3.63, 3.8) is 0 Å². The normalized spacial score (nSPS) is 21.9. The Morgan fingerprint density at radius 3 is 3.14 bits per heavy atom. The number of nitrogens with zero attached hydrogens (tertiary/aromatic N) is 5. The van der Waals surface area contributed by atoms with Gasteiger partial charge < -0.3 is 15.0 Å². The number of fused-ring (bicyclic) bond motifs is 5. The Bertz CT molecular complexity index is 1070. The quantitative estimate of drug-likeness (QED) is 0.641. The summed E-state index contributed by atoms with van der Waals surface area (Å²) < 4.78 is 21.5. The molecule has 0 saturated carbocycles. The van der Waals surface area contributed by atoms with Crippen LogP contribution in [0, 0.1) is 5.82 Å². The summed E-state index contributed by atoms with van der Waals surface area (Å²) in [7, 11) is 0. The van der Waals surface area contributed by atoms with Crippen molar-refractivity contribution in [2.75, 3.05) is 18.1 Å². The first-order valence-corrected chi connectivity index (χ1v) is 9.30. The molecule has 0 radical (unpaired) electrons. The summed E-state index contributed by atoms with van der Waals surface area (Å²) >= 11 is 0. The van der Waals surface area contributed by atoms with Crippen LogP contribution in [-0.4, -0.2) is 44.7 Å². The number of hydrogen-bond donors (Lipinski definition) is 1. The van der Waals surface area contributed by atoms with Crippen molar-refractivity contribution < 1.29 is 13.9 Å². The highest BCUT2D eigenvalue weighted by Crippen LogP contribution is 2.39. The van der Waals surface area contributed by atoms with E-state index in [0.29, 0.717) is 28.5 Å². The number of carbonyl (C=O) groups is 1. The van der Waals surface area contributed by atoms with Gasteiger partial charge in [0.2, 0.25) is 5.88 Å². The van der Waals surface area contributed by atoms with Gasteiger partial charge in [-0.1, -0.05) is 0 Å². The molecule has 144 valence electrons. The van der Waals surface area contributed by atoms with Crippen molar-refractivity contribution in [2.24, 2.45) is 0 Å². The molecule has 0 spiro atoms. The van der Waals surface area contributed by atoms with Crippen molar-refractivity contribution in [3.8, 4) is 5.88 Å². The highest BCUT2D eigenvalue weighted by Gasteiger charge is 2.31. The fourth-order valence-electron chi connectivity index (χ4n) is 3.89. The third-order valence-electron chi connectivity index (χ3n) is 5.20. The van der Waals surface area contributed by atoms with Gasteiger partial charge in [-0.3, -0.25) is 4.79 Å². The molecule has 28 heavy (non-hydrogen) atoms. The van der Waals surface area contributed by atoms with Gasteiger partial charge in [0, 0.05) is 18.3 Å². The van der Waals surface area contributed by atoms with Crippen LogP contribution in [0.25, 0.3) is 5.65 Å². The summed E-state index contributed by atoms with van der Waals surface area (Å²) in [6, 6.07) is 2.97. The average molecular weight is 382 g/mol. The second kappa shape index (κ2) is 6.43. The van der Waals surface area contributed by atoms with Gasteiger partial charge in [0.05, 0.1) is 24.5 Å². The minimum Gasteiger partial charge on any atom is -0.475 e. The molecule has 9 heteroatoms. The van der Waals surface area contributed by atoms with Crippen LogP contribution in [0.4, 0.5) is 10.2 Å². The van der Waals surface area contributed by atoms with Crippen LogP contribution in [0.1, 0.15) is 41.7 Å². The molecule has 1 N–H and O–H groups in total. The molecule has 1 fully saturated rings. The van der Waals surface area contributed by atoms with Gasteiger partial charge in [-0.25, -0.2) is 18.9 Å². The lowest BCUT2D eigenvalue weighted by Crippen LogP contribution is -2.37. The fraction of sp³-hybridized carbons (Fsp3) is 0.368. The Hall–Kier alpha value is -3.23. The van der Waals surface area contributed by atoms with Crippen LogP contribution in [0.2, 0.25) is 0 Å². The number of ether oxygens (including phenoxy) is 1. The molecule has 0 aliphatic carbocycles. The van der Waals surface area contributed by atoms with E-state index < -0.39 is 5.82 Å². The summed E-state index contributed by atoms with van der Waals surface area (Å²) in [4.78, 5) is 23.7. The number of halogens is 1. The summed E-state index contributed by atoms with van der Waals surface area (Å²) in [5, 5.41) is 7.12. The molecule has 5 heterocycles. The Kier molecular flexibility index (Phi) is 3.88. The number of anilines is 1. The number of hydrogen-bond acceptors (Lipinski definition) is 6. The first-order valence-electron chi connectivity index (χ1n) is 9.30. The predicted molar refractivity (Wildman–Crippen MR) is 98.9 cm³/mol. The summed E-state index contributed by atoms with van der Waals surface area (Å²) in [6.07, 6.45) is 6.24. The third-order valence-corrected chi connectivity index (χ3v) is 5.20. The summed E-state index contributed by atoms with van der Waals surface area (Å²) in [5.41, 5.74) is 1.60. The lowest BCUT2D eigenvalue weighted by atomic mass is 10.1. The van der Waals surface area contributed by atoms with Crippen molar-refractivity contribution in [2.45, 2.75) is 31.8 Å². The van der Waals surface area contributed by atoms with Crippen LogP contribution in [-0.2, 0) is 0 Å². The van der Waals surface area contributed by atoms with Gasteiger partial charge in [-0.05, 0) is 31.9 Å². The minimum atomic E-state index is -0.402. The van der Waals surface area contributed by atoms with Crippen molar-refractivity contribution in [1.29, 1.82) is 0 Å². The lowest BCUT2D eigenvalue weighted by Gasteiger charge is -2.27. The molecule has 1 amide bonds. The zero-order valence-corrected chi connectivity index (χ0v) is 15.3. The van der Waals surface area contributed by atoms with Crippen molar-refractivity contribution in [1.82, 2.24) is 24.9 Å². The van der Waals surface area contributed by atoms with E-state index in [1.807, 2.05) is 13.0 Å². The Balaban J connectivity index is 1.69. The molecule has 8 nitrogen and oxygen atoms in total. The highest BCUT2D eigenvalue weighted by atomic mass is 19.1. The summed E-state index contributed by atoms with van der Waals surface area (Å²) in [5.74, 6) is 0.441. The van der Waals surface area contributed by atoms with Crippen LogP contribution < -0.4 is 15.0 Å². The molecule has 2 aliphatic heterocycles. The average Bonchev–Trinajstić information content (AvgIpc) is 3.32. The zero-order valence-electron chi connectivity index (χ0n) is 15.3. The Morgan fingerprint density at radius 1 is 1.36 bits per heavy atom. The highest BCUT2D eigenvalue weighted by molar-refractivity contribution is 5.99. The maximum atomic E-state index is 14.0. The maximum Gasteiger partial charge on any atom is 0.257 e. The Labute approximate surface area is 160 Å². The topological polar surface area (TPSA) is 84.7 Å². The predicted octanol–water partition coefficient (Wildman–Crippen LogP) is 2.12. The molecule has 2 bridgehead atoms. The number of rotatable bonds is 0. The second-order valence-electron chi connectivity index (χ2n) is 7.20. The van der Waals surface area contributed by atoms with Crippen LogP contribution in [0.15, 0.2) is 30.7 Å². The Morgan fingerprint density at radius 2 is 2.25 bits per heavy atom. The number of amides is 1. The molecule has 3 aromatic rings. The monoisotopic (exact) mass is 382 g/mol. The smallest absolute Gasteiger partial charge is 0.257 e. The first kappa shape index (κ1) is 16.9. The number of nitrogens with one attached hydrogen (secondary N) is 1. The van der Waals surface area contributed by atoms with E-state index in [0.717, 1.165) is 25.6 Å². The molecule has 2 aliphatic rings. The van der Waals surface area contributed by atoms with E-state index in [9.17, 15) is 9.18 Å². The third kappa shape index (κ3) is 2.74. The standard InChI is InChI=1S/C19H19FN6O2/c1-11-10-28-19-13(7-12(20)8-21-19)15-3-2-5-25(15)16-4-6-26-17(24-16)14(9-22-26)18(27)23-11/h4,6-9,11,15H,2-3,5,10H2,1H3,(H,23,27). The fourth-order valence-corrected chi connectivity index (χ4v) is 3.89. The van der Waals surface area contributed by atoms with Crippen LogP contribution in [0.5, 0.6) is 5.88 Å². The van der Waals surface area contributed by atoms with Crippen molar-refractivity contribution >= 4 is 17.4 Å². The van der Waals surface area contributed by atoms with E-state index in [-0.39, 0.29) is 24.6 Å². The molecule has 1 saturated heterocycles. The van der Waals surface area contributed by atoms with E-state index >= 15 is 0 Å². The van der Waals surface area contributed by atoms with Crippen molar-refractivity contribution in [3.05, 3.63) is 47.7 Å². The molecule has 3 aromatic heterocycles. The van der Waals surface area contributed by atoms with Crippen LogP contribution in [0.3, 0.4) is 0 Å². The summed E-state index contributed by atoms with van der Waals surface area (Å²) in [6.45, 7) is 2.84. The SMILES string of the molecule is CC1COc2ncc(F)cc2C2CCCN2c2ccn3ncc(c3n2)C(=O)N1.